The van der Waals surface area contributed by atoms with Crippen LogP contribution in [-0.4, -0.2) is 43.5 Å². The highest BCUT2D eigenvalue weighted by molar-refractivity contribution is 5.83. The number of nitrogens with zero attached hydrogens (tertiary/aromatic N) is 1. The van der Waals surface area contributed by atoms with Gasteiger partial charge in [0.2, 0.25) is 11.8 Å². The predicted molar refractivity (Wildman–Crippen MR) is 100 cm³/mol. The van der Waals surface area contributed by atoms with Gasteiger partial charge in [0.15, 0.2) is 11.5 Å². The molecule has 2 rings (SSSR count). The first-order valence-corrected chi connectivity index (χ1v) is 9.29. The second kappa shape index (κ2) is 10.0. The van der Waals surface area contributed by atoms with Crippen LogP contribution in [0.5, 0.6) is 11.5 Å². The lowest BCUT2D eigenvalue weighted by Gasteiger charge is -2.23. The second-order valence-electron chi connectivity index (χ2n) is 6.82. The van der Waals surface area contributed by atoms with Crippen LogP contribution in [0.15, 0.2) is 18.2 Å². The van der Waals surface area contributed by atoms with E-state index in [0.29, 0.717) is 18.0 Å². The Labute approximate surface area is 155 Å². The lowest BCUT2D eigenvalue weighted by molar-refractivity contribution is -0.135. The Morgan fingerprint density at radius 3 is 2.31 bits per heavy atom. The molecule has 0 radical (unpaired) electrons. The number of hydrogen-bond donors (Lipinski definition) is 1. The van der Waals surface area contributed by atoms with Gasteiger partial charge in [-0.15, -0.1) is 0 Å². The minimum absolute atomic E-state index is 0.0696. The average molecular weight is 362 g/mol. The maximum absolute atomic E-state index is 12.4. The third-order valence-corrected chi connectivity index (χ3v) is 4.82. The molecule has 0 bridgehead atoms. The zero-order valence-corrected chi connectivity index (χ0v) is 16.0. The summed E-state index contributed by atoms with van der Waals surface area (Å²) in [7, 11) is 3.15. The standard InChI is InChI=1S/C20H30N2O4/c1-15(23)22(13-16-10-11-18(25-2)19(12-16)26-3)14-20(24)21-17-8-6-4-5-7-9-17/h10-12,17H,4-9,13-14H2,1-3H3,(H,21,24). The van der Waals surface area contributed by atoms with Gasteiger partial charge in [0.05, 0.1) is 20.8 Å². The predicted octanol–water partition coefficient (Wildman–Crippen LogP) is 2.89. The third-order valence-electron chi connectivity index (χ3n) is 4.82. The molecular weight excluding hydrogens is 332 g/mol. The highest BCUT2D eigenvalue weighted by Crippen LogP contribution is 2.28. The summed E-state index contributed by atoms with van der Waals surface area (Å²) in [6.07, 6.45) is 6.86. The van der Waals surface area contributed by atoms with E-state index in [1.807, 2.05) is 12.1 Å². The highest BCUT2D eigenvalue weighted by atomic mass is 16.5. The largest absolute Gasteiger partial charge is 0.493 e. The lowest BCUT2D eigenvalue weighted by atomic mass is 10.1. The molecular formula is C20H30N2O4. The fourth-order valence-electron chi connectivity index (χ4n) is 3.35. The molecule has 0 aromatic heterocycles. The van der Waals surface area contributed by atoms with Crippen LogP contribution in [0, 0.1) is 0 Å². The van der Waals surface area contributed by atoms with Crippen molar-refractivity contribution in [1.29, 1.82) is 0 Å². The van der Waals surface area contributed by atoms with Crippen LogP contribution in [0.1, 0.15) is 51.0 Å². The van der Waals surface area contributed by atoms with E-state index in [0.717, 1.165) is 31.2 Å². The minimum Gasteiger partial charge on any atom is -0.493 e. The molecule has 0 atom stereocenters. The zero-order chi connectivity index (χ0) is 18.9. The molecule has 0 spiro atoms. The number of hydrogen-bond acceptors (Lipinski definition) is 4. The van der Waals surface area contributed by atoms with Crippen molar-refractivity contribution in [2.24, 2.45) is 0 Å². The number of benzene rings is 1. The molecule has 1 aliphatic carbocycles. The number of ether oxygens (including phenoxy) is 2. The molecule has 1 aliphatic rings. The average Bonchev–Trinajstić information content (AvgIpc) is 2.89. The van der Waals surface area contributed by atoms with Crippen LogP contribution >= 0.6 is 0 Å². The number of rotatable bonds is 7. The van der Waals surface area contributed by atoms with E-state index in [9.17, 15) is 9.59 Å². The molecule has 1 fully saturated rings. The van der Waals surface area contributed by atoms with Crippen LogP contribution in [-0.2, 0) is 16.1 Å². The van der Waals surface area contributed by atoms with E-state index < -0.39 is 0 Å². The molecule has 144 valence electrons. The smallest absolute Gasteiger partial charge is 0.239 e. The summed E-state index contributed by atoms with van der Waals surface area (Å²) < 4.78 is 10.5. The molecule has 1 aromatic rings. The molecule has 0 saturated heterocycles. The van der Waals surface area contributed by atoms with Crippen molar-refractivity contribution >= 4 is 11.8 Å². The molecule has 6 heteroatoms. The summed E-state index contributed by atoms with van der Waals surface area (Å²) in [4.78, 5) is 25.9. The van der Waals surface area contributed by atoms with Gasteiger partial charge in [-0.1, -0.05) is 31.7 Å². The molecule has 0 unspecified atom stereocenters. The van der Waals surface area contributed by atoms with Gasteiger partial charge in [0.1, 0.15) is 0 Å². The Morgan fingerprint density at radius 2 is 1.73 bits per heavy atom. The van der Waals surface area contributed by atoms with E-state index in [1.165, 1.54) is 19.8 Å². The molecule has 1 saturated carbocycles. The summed E-state index contributed by atoms with van der Waals surface area (Å²) in [5.41, 5.74) is 0.889. The number of nitrogens with one attached hydrogen (secondary N) is 1. The first-order chi connectivity index (χ1) is 12.5. The van der Waals surface area contributed by atoms with Gasteiger partial charge in [0, 0.05) is 19.5 Å². The van der Waals surface area contributed by atoms with Gasteiger partial charge < -0.3 is 19.7 Å². The van der Waals surface area contributed by atoms with E-state index in [-0.39, 0.29) is 24.4 Å². The maximum atomic E-state index is 12.4. The second-order valence-corrected chi connectivity index (χ2v) is 6.82. The molecule has 1 N–H and O–H groups in total. The van der Waals surface area contributed by atoms with Crippen molar-refractivity contribution in [3.8, 4) is 11.5 Å². The van der Waals surface area contributed by atoms with Crippen LogP contribution in [0.25, 0.3) is 0 Å². The summed E-state index contributed by atoms with van der Waals surface area (Å²) >= 11 is 0. The van der Waals surface area contributed by atoms with Crippen molar-refractivity contribution < 1.29 is 19.1 Å². The van der Waals surface area contributed by atoms with Crippen molar-refractivity contribution in [3.05, 3.63) is 23.8 Å². The quantitative estimate of drug-likeness (QED) is 0.758. The Morgan fingerprint density at radius 1 is 1.08 bits per heavy atom. The fourth-order valence-corrected chi connectivity index (χ4v) is 3.35. The Bertz CT molecular complexity index is 610. The minimum atomic E-state index is -0.129. The van der Waals surface area contributed by atoms with Gasteiger partial charge in [-0.25, -0.2) is 0 Å². The van der Waals surface area contributed by atoms with Gasteiger partial charge in [0.25, 0.3) is 0 Å². The van der Waals surface area contributed by atoms with Crippen molar-refractivity contribution in [1.82, 2.24) is 10.2 Å². The maximum Gasteiger partial charge on any atom is 0.239 e. The molecule has 26 heavy (non-hydrogen) atoms. The Hall–Kier alpha value is -2.24. The molecule has 2 amide bonds. The van der Waals surface area contributed by atoms with Crippen molar-refractivity contribution in [2.45, 2.75) is 58.0 Å². The first kappa shape index (κ1) is 20.1. The fraction of sp³-hybridized carbons (Fsp3) is 0.600. The number of carbonyl (C=O) groups excluding carboxylic acids is 2. The van der Waals surface area contributed by atoms with E-state index in [4.69, 9.17) is 9.47 Å². The van der Waals surface area contributed by atoms with Crippen molar-refractivity contribution in [3.63, 3.8) is 0 Å². The Balaban J connectivity index is 1.97. The van der Waals surface area contributed by atoms with Crippen LogP contribution in [0.2, 0.25) is 0 Å². The van der Waals surface area contributed by atoms with Crippen LogP contribution < -0.4 is 14.8 Å². The van der Waals surface area contributed by atoms with E-state index in [2.05, 4.69) is 5.32 Å². The van der Waals surface area contributed by atoms with E-state index >= 15 is 0 Å². The number of carbonyl (C=O) groups is 2. The highest BCUT2D eigenvalue weighted by Gasteiger charge is 2.19. The molecule has 0 aliphatic heterocycles. The summed E-state index contributed by atoms with van der Waals surface area (Å²) in [5.74, 6) is 1.02. The van der Waals surface area contributed by atoms with Gasteiger partial charge in [-0.3, -0.25) is 9.59 Å². The monoisotopic (exact) mass is 362 g/mol. The zero-order valence-electron chi connectivity index (χ0n) is 16.0. The molecule has 1 aromatic carbocycles. The summed E-state index contributed by atoms with van der Waals surface area (Å²) in [6.45, 7) is 1.91. The van der Waals surface area contributed by atoms with E-state index in [1.54, 1.807) is 25.2 Å². The third kappa shape index (κ3) is 5.93. The Kier molecular flexibility index (Phi) is 7.75. The summed E-state index contributed by atoms with van der Waals surface area (Å²) in [5, 5.41) is 3.09. The van der Waals surface area contributed by atoms with Crippen molar-refractivity contribution in [2.75, 3.05) is 20.8 Å². The lowest BCUT2D eigenvalue weighted by Crippen LogP contribution is -2.43. The normalized spacial score (nSPS) is 15.0. The number of amides is 2. The van der Waals surface area contributed by atoms with Gasteiger partial charge >= 0.3 is 0 Å². The SMILES string of the molecule is COc1ccc(CN(CC(=O)NC2CCCCCC2)C(C)=O)cc1OC. The number of methoxy groups -OCH3 is 2. The van der Waals surface area contributed by atoms with Crippen LogP contribution in [0.4, 0.5) is 0 Å². The topological polar surface area (TPSA) is 67.9 Å². The summed E-state index contributed by atoms with van der Waals surface area (Å²) in [6, 6.07) is 5.75. The van der Waals surface area contributed by atoms with Gasteiger partial charge in [-0.2, -0.15) is 0 Å². The molecule has 6 nitrogen and oxygen atoms in total. The molecule has 0 heterocycles. The van der Waals surface area contributed by atoms with Gasteiger partial charge in [-0.05, 0) is 30.5 Å². The van der Waals surface area contributed by atoms with Crippen LogP contribution in [0.3, 0.4) is 0 Å². The first-order valence-electron chi connectivity index (χ1n) is 9.29.